The Balaban J connectivity index is 2.48. The molecule has 1 heterocycles. The summed E-state index contributed by atoms with van der Waals surface area (Å²) in [6, 6.07) is 9.61. The first-order valence-corrected chi connectivity index (χ1v) is 6.09. The third-order valence-electron chi connectivity index (χ3n) is 2.99. The summed E-state index contributed by atoms with van der Waals surface area (Å²) in [5.74, 6) is -0.314. The molecule has 0 aliphatic rings. The molecule has 0 fully saturated rings. The Kier molecular flexibility index (Phi) is 3.43. The lowest BCUT2D eigenvalue weighted by Gasteiger charge is -2.09. The number of aryl methyl sites for hydroxylation is 1. The molecule has 0 spiro atoms. The van der Waals surface area contributed by atoms with E-state index in [2.05, 4.69) is 4.57 Å². The molecule has 0 aliphatic heterocycles. The predicted octanol–water partition coefficient (Wildman–Crippen LogP) is 2.78. The highest BCUT2D eigenvalue weighted by molar-refractivity contribution is 6.30. The van der Waals surface area contributed by atoms with Crippen molar-refractivity contribution in [1.82, 2.24) is 4.57 Å². The Morgan fingerprint density at radius 3 is 2.44 bits per heavy atom. The lowest BCUT2D eigenvalue weighted by Crippen LogP contribution is -2.14. The van der Waals surface area contributed by atoms with Gasteiger partial charge in [0.1, 0.15) is 0 Å². The largest absolute Gasteiger partial charge is 0.369 e. The van der Waals surface area contributed by atoms with E-state index >= 15 is 0 Å². The van der Waals surface area contributed by atoms with Gasteiger partial charge in [-0.25, -0.2) is 0 Å². The SMILES string of the molecule is Cc1cc(CC(N)=O)c(C)n1-c1ccc(Cl)cc1. The van der Waals surface area contributed by atoms with Crippen molar-refractivity contribution in [2.24, 2.45) is 5.73 Å². The van der Waals surface area contributed by atoms with Crippen LogP contribution in [0.4, 0.5) is 0 Å². The quantitative estimate of drug-likeness (QED) is 0.908. The number of amides is 1. The van der Waals surface area contributed by atoms with E-state index in [0.717, 1.165) is 22.6 Å². The molecule has 18 heavy (non-hydrogen) atoms. The number of nitrogens with two attached hydrogens (primary N) is 1. The van der Waals surface area contributed by atoms with Gasteiger partial charge >= 0.3 is 0 Å². The fourth-order valence-corrected chi connectivity index (χ4v) is 2.31. The molecule has 0 radical (unpaired) electrons. The van der Waals surface area contributed by atoms with Crippen molar-refractivity contribution >= 4 is 17.5 Å². The number of benzene rings is 1. The predicted molar refractivity (Wildman–Crippen MR) is 73.2 cm³/mol. The van der Waals surface area contributed by atoms with Crippen LogP contribution in [0.15, 0.2) is 30.3 Å². The lowest BCUT2D eigenvalue weighted by molar-refractivity contribution is -0.117. The van der Waals surface area contributed by atoms with Crippen molar-refractivity contribution in [2.45, 2.75) is 20.3 Å². The van der Waals surface area contributed by atoms with Gasteiger partial charge in [-0.1, -0.05) is 11.6 Å². The van der Waals surface area contributed by atoms with Crippen molar-refractivity contribution in [1.29, 1.82) is 0 Å². The first kappa shape index (κ1) is 12.7. The van der Waals surface area contributed by atoms with Gasteiger partial charge in [-0.05, 0) is 49.7 Å². The number of primary amides is 1. The third kappa shape index (κ3) is 2.41. The number of aromatic nitrogens is 1. The van der Waals surface area contributed by atoms with Crippen LogP contribution < -0.4 is 5.73 Å². The van der Waals surface area contributed by atoms with Crippen molar-refractivity contribution < 1.29 is 4.79 Å². The Bertz CT molecular complexity index is 585. The maximum Gasteiger partial charge on any atom is 0.221 e. The van der Waals surface area contributed by atoms with Crippen LogP contribution in [0.1, 0.15) is 17.0 Å². The van der Waals surface area contributed by atoms with E-state index in [1.54, 1.807) is 0 Å². The summed E-state index contributed by atoms with van der Waals surface area (Å²) in [6.07, 6.45) is 0.271. The molecule has 2 rings (SSSR count). The second-order valence-corrected chi connectivity index (χ2v) is 4.79. The molecule has 0 aliphatic carbocycles. The molecule has 4 heteroatoms. The number of rotatable bonds is 3. The average Bonchev–Trinajstić information content (AvgIpc) is 2.55. The highest BCUT2D eigenvalue weighted by Gasteiger charge is 2.12. The van der Waals surface area contributed by atoms with Gasteiger partial charge in [-0.2, -0.15) is 0 Å². The van der Waals surface area contributed by atoms with Crippen LogP contribution in [0.5, 0.6) is 0 Å². The minimum absolute atomic E-state index is 0.271. The summed E-state index contributed by atoms with van der Waals surface area (Å²) in [5.41, 5.74) is 9.36. The first-order chi connectivity index (χ1) is 8.49. The van der Waals surface area contributed by atoms with E-state index in [1.165, 1.54) is 0 Å². The van der Waals surface area contributed by atoms with Crippen molar-refractivity contribution in [3.63, 3.8) is 0 Å². The van der Waals surface area contributed by atoms with Crippen molar-refractivity contribution in [2.75, 3.05) is 0 Å². The Morgan fingerprint density at radius 1 is 1.28 bits per heavy atom. The first-order valence-electron chi connectivity index (χ1n) is 5.71. The molecule has 1 amide bonds. The molecular weight excluding hydrogens is 248 g/mol. The Labute approximate surface area is 111 Å². The van der Waals surface area contributed by atoms with E-state index in [1.807, 2.05) is 44.2 Å². The van der Waals surface area contributed by atoms with Crippen LogP contribution in [0.25, 0.3) is 5.69 Å². The van der Waals surface area contributed by atoms with Crippen LogP contribution >= 0.6 is 11.6 Å². The molecule has 0 bridgehead atoms. The van der Waals surface area contributed by atoms with Crippen LogP contribution in [-0.2, 0) is 11.2 Å². The van der Waals surface area contributed by atoms with E-state index < -0.39 is 0 Å². The Morgan fingerprint density at radius 2 is 1.89 bits per heavy atom. The molecule has 0 atom stereocenters. The molecule has 3 nitrogen and oxygen atoms in total. The van der Waals surface area contributed by atoms with Gasteiger partial charge in [0.2, 0.25) is 5.91 Å². The van der Waals surface area contributed by atoms with Crippen LogP contribution in [0, 0.1) is 13.8 Å². The van der Waals surface area contributed by atoms with Gasteiger partial charge in [0.25, 0.3) is 0 Å². The second-order valence-electron chi connectivity index (χ2n) is 4.35. The van der Waals surface area contributed by atoms with Crippen LogP contribution in [0.2, 0.25) is 5.02 Å². The van der Waals surface area contributed by atoms with E-state index in [9.17, 15) is 4.79 Å². The molecule has 94 valence electrons. The molecule has 2 aromatic rings. The summed E-state index contributed by atoms with van der Waals surface area (Å²) in [7, 11) is 0. The average molecular weight is 263 g/mol. The van der Waals surface area contributed by atoms with Gasteiger partial charge < -0.3 is 10.3 Å². The number of carbonyl (C=O) groups excluding carboxylic acids is 1. The normalized spacial score (nSPS) is 10.6. The molecule has 0 saturated carbocycles. The van der Waals surface area contributed by atoms with Crippen molar-refractivity contribution in [3.8, 4) is 5.69 Å². The minimum atomic E-state index is -0.314. The maximum absolute atomic E-state index is 11.0. The highest BCUT2D eigenvalue weighted by Crippen LogP contribution is 2.22. The number of carbonyl (C=O) groups is 1. The van der Waals surface area contributed by atoms with E-state index in [-0.39, 0.29) is 12.3 Å². The number of halogens is 1. The van der Waals surface area contributed by atoms with Crippen molar-refractivity contribution in [3.05, 3.63) is 52.3 Å². The maximum atomic E-state index is 11.0. The fraction of sp³-hybridized carbons (Fsp3) is 0.214. The summed E-state index contributed by atoms with van der Waals surface area (Å²) >= 11 is 5.88. The minimum Gasteiger partial charge on any atom is -0.369 e. The second kappa shape index (κ2) is 4.86. The fourth-order valence-electron chi connectivity index (χ4n) is 2.18. The van der Waals surface area contributed by atoms with Gasteiger partial charge in [0.15, 0.2) is 0 Å². The molecular formula is C14H15ClN2O. The van der Waals surface area contributed by atoms with E-state index in [4.69, 9.17) is 17.3 Å². The zero-order valence-electron chi connectivity index (χ0n) is 10.4. The number of hydrogen-bond donors (Lipinski definition) is 1. The van der Waals surface area contributed by atoms with Gasteiger partial charge in [-0.3, -0.25) is 4.79 Å². The van der Waals surface area contributed by atoms with Gasteiger partial charge in [0.05, 0.1) is 6.42 Å². The topological polar surface area (TPSA) is 48.0 Å². The van der Waals surface area contributed by atoms with Crippen LogP contribution in [0.3, 0.4) is 0 Å². The summed E-state index contributed by atoms with van der Waals surface area (Å²) in [5, 5.41) is 0.707. The molecule has 1 aromatic carbocycles. The third-order valence-corrected chi connectivity index (χ3v) is 3.24. The molecule has 0 unspecified atom stereocenters. The molecule has 2 N–H and O–H groups in total. The number of hydrogen-bond acceptors (Lipinski definition) is 1. The lowest BCUT2D eigenvalue weighted by atomic mass is 10.2. The zero-order chi connectivity index (χ0) is 13.3. The smallest absolute Gasteiger partial charge is 0.221 e. The Hall–Kier alpha value is -1.74. The van der Waals surface area contributed by atoms with Gasteiger partial charge in [0, 0.05) is 22.1 Å². The standard InChI is InChI=1S/C14H15ClN2O/c1-9-7-11(8-14(16)18)10(2)17(9)13-5-3-12(15)4-6-13/h3-7H,8H2,1-2H3,(H2,16,18). The summed E-state index contributed by atoms with van der Waals surface area (Å²) in [6.45, 7) is 3.99. The summed E-state index contributed by atoms with van der Waals surface area (Å²) in [4.78, 5) is 11.0. The van der Waals surface area contributed by atoms with Crippen LogP contribution in [-0.4, -0.2) is 10.5 Å². The zero-order valence-corrected chi connectivity index (χ0v) is 11.2. The summed E-state index contributed by atoms with van der Waals surface area (Å²) < 4.78 is 2.09. The highest BCUT2D eigenvalue weighted by atomic mass is 35.5. The molecule has 1 aromatic heterocycles. The number of nitrogens with zero attached hydrogens (tertiary/aromatic N) is 1. The monoisotopic (exact) mass is 262 g/mol. The molecule has 0 saturated heterocycles. The van der Waals surface area contributed by atoms with Gasteiger partial charge in [-0.15, -0.1) is 0 Å². The van der Waals surface area contributed by atoms with E-state index in [0.29, 0.717) is 5.02 Å².